The molecule has 0 bridgehead atoms. The Hall–Kier alpha value is -0.910. The second-order valence-corrected chi connectivity index (χ2v) is 4.20. The number of thiol groups is 1. The second-order valence-electron chi connectivity index (χ2n) is 3.83. The lowest BCUT2D eigenvalue weighted by atomic mass is 10.2. The van der Waals surface area contributed by atoms with Gasteiger partial charge in [-0.1, -0.05) is 20.8 Å². The predicted octanol–water partition coefficient (Wildman–Crippen LogP) is -0.0108. The maximum atomic E-state index is 11.2. The van der Waals surface area contributed by atoms with Crippen LogP contribution in [0.2, 0.25) is 0 Å². The van der Waals surface area contributed by atoms with Gasteiger partial charge in [0.2, 0.25) is 0 Å². The molecule has 0 saturated carbocycles. The lowest BCUT2D eigenvalue weighted by Crippen LogP contribution is -2.35. The second kappa shape index (κ2) is 5.85. The molecular weight excluding hydrogens is 218 g/mol. The largest absolute Gasteiger partial charge is 0.595 e. The predicted molar refractivity (Wildman–Crippen MR) is 57.9 cm³/mol. The highest BCUT2D eigenvalue weighted by molar-refractivity contribution is 7.80. The Morgan fingerprint density at radius 2 is 2.07 bits per heavy atom. The van der Waals surface area contributed by atoms with Crippen molar-refractivity contribution in [3.05, 3.63) is 0 Å². The van der Waals surface area contributed by atoms with Gasteiger partial charge in [0.15, 0.2) is 6.04 Å². The maximum absolute atomic E-state index is 11.2. The quantitative estimate of drug-likeness (QED) is 0.323. The molecule has 0 amide bonds. The zero-order valence-electron chi connectivity index (χ0n) is 9.31. The molecule has 0 aromatic rings. The van der Waals surface area contributed by atoms with Crippen molar-refractivity contribution in [3.8, 4) is 0 Å². The molecule has 0 aromatic heterocycles. The van der Waals surface area contributed by atoms with Gasteiger partial charge in [-0.2, -0.15) is 12.6 Å². The number of esters is 1. The van der Waals surface area contributed by atoms with Crippen LogP contribution in [-0.4, -0.2) is 36.6 Å². The van der Waals surface area contributed by atoms with E-state index in [4.69, 9.17) is 4.74 Å². The number of carbonyl (C=O) groups is 1. The molecule has 0 spiro atoms. The van der Waals surface area contributed by atoms with Crippen LogP contribution in [0, 0.1) is 0 Å². The molecule has 88 valence electrons. The Labute approximate surface area is 94.9 Å². The third-order valence-electron chi connectivity index (χ3n) is 1.30. The van der Waals surface area contributed by atoms with E-state index in [1.54, 1.807) is 20.8 Å². The molecule has 6 heteroatoms. The Morgan fingerprint density at radius 3 is 2.40 bits per heavy atom. The van der Waals surface area contributed by atoms with Crippen molar-refractivity contribution >= 4 is 24.7 Å². The minimum atomic E-state index is -0.909. The first-order chi connectivity index (χ1) is 6.80. The molecule has 0 heterocycles. The van der Waals surface area contributed by atoms with Gasteiger partial charge in [-0.05, 0) is 0 Å². The molecule has 0 aliphatic rings. The van der Waals surface area contributed by atoms with E-state index in [0.29, 0.717) is 0 Å². The van der Waals surface area contributed by atoms with E-state index in [1.807, 2.05) is 0 Å². The van der Waals surface area contributed by atoms with E-state index < -0.39 is 23.7 Å². The first-order valence-electron chi connectivity index (χ1n) is 4.42. The number of hydrogen-bond donors (Lipinski definition) is 1. The van der Waals surface area contributed by atoms with E-state index >= 15 is 0 Å². The standard InChI is InChI=1S/C9H17NO4S/c1-9(2,3)14-8(12)10-6(5-15)7(11)13-4/h6,15H,5H2,1-4H3,(H,10,12)/p-1/t6-/m0/s1. The van der Waals surface area contributed by atoms with Gasteiger partial charge in [0, 0.05) is 11.4 Å². The Bertz CT molecular complexity index is 247. The number of carbonyl (C=O) groups excluding carboxylic acids is 1. The van der Waals surface area contributed by atoms with Crippen molar-refractivity contribution in [1.82, 2.24) is 0 Å². The summed E-state index contributed by atoms with van der Waals surface area (Å²) in [6, 6.07) is -0.909. The fraction of sp³-hybridized carbons (Fsp3) is 0.778. The third-order valence-corrected chi connectivity index (χ3v) is 1.65. The highest BCUT2D eigenvalue weighted by atomic mass is 32.1. The lowest BCUT2D eigenvalue weighted by molar-refractivity contribution is -0.261. The molecule has 0 unspecified atom stereocenters. The zero-order valence-corrected chi connectivity index (χ0v) is 10.2. The van der Waals surface area contributed by atoms with Crippen molar-refractivity contribution in [2.75, 3.05) is 12.9 Å². The molecule has 5 nitrogen and oxygen atoms in total. The Morgan fingerprint density at radius 1 is 1.53 bits per heavy atom. The number of methoxy groups -OCH3 is 1. The van der Waals surface area contributed by atoms with Crippen molar-refractivity contribution in [3.63, 3.8) is 0 Å². The molecule has 1 atom stereocenters. The summed E-state index contributed by atoms with van der Waals surface area (Å²) in [5.74, 6) is -0.498. The summed E-state index contributed by atoms with van der Waals surface area (Å²) in [5.41, 5.74) is -0.627. The molecule has 0 N–H and O–H groups in total. The molecule has 0 saturated heterocycles. The summed E-state index contributed by atoms with van der Waals surface area (Å²) >= 11 is 3.89. The van der Waals surface area contributed by atoms with Crippen LogP contribution in [0.3, 0.4) is 0 Å². The van der Waals surface area contributed by atoms with Crippen LogP contribution in [-0.2, 0) is 14.3 Å². The number of ether oxygens (including phenoxy) is 2. The average molecular weight is 234 g/mol. The molecule has 0 fully saturated rings. The fourth-order valence-corrected chi connectivity index (χ4v) is 0.950. The molecule has 0 radical (unpaired) electrons. The smallest absolute Gasteiger partial charge is 0.331 e. The van der Waals surface area contributed by atoms with Gasteiger partial charge >= 0.3 is 5.97 Å². The average Bonchev–Trinajstić information content (AvgIpc) is 2.10. The number of aliphatic imine (C=N–C) groups is 1. The minimum absolute atomic E-state index is 0.103. The third kappa shape index (κ3) is 6.22. The van der Waals surface area contributed by atoms with Crippen molar-refractivity contribution in [2.24, 2.45) is 4.99 Å². The topological polar surface area (TPSA) is 71.0 Å². The highest BCUT2D eigenvalue weighted by Crippen LogP contribution is 2.07. The van der Waals surface area contributed by atoms with E-state index in [0.717, 1.165) is 0 Å². The molecule has 0 aliphatic carbocycles. The van der Waals surface area contributed by atoms with Crippen molar-refractivity contribution in [1.29, 1.82) is 0 Å². The van der Waals surface area contributed by atoms with Crippen LogP contribution in [0.25, 0.3) is 0 Å². The normalized spacial score (nSPS) is 14.6. The molecule has 0 rings (SSSR count). The van der Waals surface area contributed by atoms with Gasteiger partial charge in [-0.25, -0.2) is 4.79 Å². The minimum Gasteiger partial charge on any atom is -0.595 e. The monoisotopic (exact) mass is 234 g/mol. The lowest BCUT2D eigenvalue weighted by Gasteiger charge is -2.30. The first-order valence-corrected chi connectivity index (χ1v) is 5.06. The van der Waals surface area contributed by atoms with E-state index in [-0.39, 0.29) is 5.75 Å². The first kappa shape index (κ1) is 14.1. The highest BCUT2D eigenvalue weighted by Gasteiger charge is 2.16. The summed E-state index contributed by atoms with van der Waals surface area (Å²) in [6.07, 6.45) is -0.785. The van der Waals surface area contributed by atoms with Gasteiger partial charge < -0.3 is 14.6 Å². The van der Waals surface area contributed by atoms with Gasteiger partial charge in [0.1, 0.15) is 6.08 Å². The Kier molecular flexibility index (Phi) is 5.49. The van der Waals surface area contributed by atoms with Crippen LogP contribution >= 0.6 is 12.6 Å². The van der Waals surface area contributed by atoms with Gasteiger partial charge in [-0.3, -0.25) is 4.99 Å². The number of rotatable bonds is 3. The molecule has 0 aromatic carbocycles. The van der Waals surface area contributed by atoms with Gasteiger partial charge in [-0.15, -0.1) is 0 Å². The fourth-order valence-electron chi connectivity index (χ4n) is 0.720. The van der Waals surface area contributed by atoms with E-state index in [9.17, 15) is 9.90 Å². The molecule has 15 heavy (non-hydrogen) atoms. The van der Waals surface area contributed by atoms with Crippen LogP contribution < -0.4 is 5.11 Å². The number of nitrogens with zero attached hydrogens (tertiary/aromatic N) is 1. The van der Waals surface area contributed by atoms with Crippen molar-refractivity contribution < 1.29 is 19.4 Å². The summed E-state index contributed by atoms with van der Waals surface area (Å²) in [4.78, 5) is 14.6. The van der Waals surface area contributed by atoms with Crippen LogP contribution in [0.5, 0.6) is 0 Å². The Balaban J connectivity index is 4.49. The van der Waals surface area contributed by atoms with Crippen LogP contribution in [0.15, 0.2) is 4.99 Å². The summed E-state index contributed by atoms with van der Waals surface area (Å²) in [6.45, 7) is 5.15. The SMILES string of the molecule is COC(=O)[C@H](CS)N=C([O-])OC(C)(C)C. The summed E-state index contributed by atoms with van der Waals surface area (Å²) in [5, 5.41) is 11.2. The van der Waals surface area contributed by atoms with E-state index in [1.165, 1.54) is 7.11 Å². The maximum Gasteiger partial charge on any atom is 0.331 e. The number of hydrogen-bond acceptors (Lipinski definition) is 6. The van der Waals surface area contributed by atoms with E-state index in [2.05, 4.69) is 22.4 Å². The summed E-state index contributed by atoms with van der Waals surface area (Å²) in [7, 11) is 1.23. The van der Waals surface area contributed by atoms with Crippen molar-refractivity contribution in [2.45, 2.75) is 32.4 Å². The van der Waals surface area contributed by atoms with Crippen LogP contribution in [0.4, 0.5) is 0 Å². The van der Waals surface area contributed by atoms with Gasteiger partial charge in [0.25, 0.3) is 0 Å². The zero-order chi connectivity index (χ0) is 12.1. The molecule has 0 aliphatic heterocycles. The summed E-state index contributed by atoms with van der Waals surface area (Å²) < 4.78 is 9.36. The van der Waals surface area contributed by atoms with Crippen LogP contribution in [0.1, 0.15) is 20.8 Å². The van der Waals surface area contributed by atoms with Gasteiger partial charge in [0.05, 0.1) is 7.11 Å². The molecular formula is C9H16NO4S-.